The van der Waals surface area contributed by atoms with Crippen LogP contribution in [0.3, 0.4) is 0 Å². The van der Waals surface area contributed by atoms with Gasteiger partial charge in [-0.25, -0.2) is 0 Å². The third kappa shape index (κ3) is 3.91. The minimum Gasteiger partial charge on any atom is -0.478 e. The molecule has 1 aliphatic rings. The summed E-state index contributed by atoms with van der Waals surface area (Å²) in [6.07, 6.45) is -0.894. The molecule has 2 aromatic carbocycles. The maximum atomic E-state index is 12.4. The van der Waals surface area contributed by atoms with E-state index in [1.807, 2.05) is 50.2 Å². The van der Waals surface area contributed by atoms with Gasteiger partial charge in [-0.1, -0.05) is 29.8 Å². The van der Waals surface area contributed by atoms with Gasteiger partial charge in [0.25, 0.3) is 5.91 Å². The molecule has 2 aromatic rings. The van der Waals surface area contributed by atoms with E-state index in [9.17, 15) is 9.59 Å². The van der Waals surface area contributed by atoms with Crippen molar-refractivity contribution in [3.63, 3.8) is 0 Å². The molecule has 1 aliphatic heterocycles. The first kappa shape index (κ1) is 16.8. The Kier molecular flexibility index (Phi) is 4.88. The van der Waals surface area contributed by atoms with Gasteiger partial charge in [-0.3, -0.25) is 20.0 Å². The summed E-state index contributed by atoms with van der Waals surface area (Å²) in [6, 6.07) is 15.0. The van der Waals surface area contributed by atoms with E-state index < -0.39 is 6.10 Å². The summed E-state index contributed by atoms with van der Waals surface area (Å²) in [6.45, 7) is 4.56. The fourth-order valence-corrected chi connectivity index (χ4v) is 2.64. The Morgan fingerprint density at radius 3 is 2.64 bits per heavy atom. The van der Waals surface area contributed by atoms with Gasteiger partial charge in [-0.2, -0.15) is 0 Å². The first-order valence-electron chi connectivity index (χ1n) is 8.27. The zero-order valence-electron chi connectivity index (χ0n) is 14.3. The number of nitrogens with one attached hydrogen (secondary N) is 2. The average Bonchev–Trinajstić information content (AvgIpc) is 2.61. The van der Waals surface area contributed by atoms with Crippen molar-refractivity contribution >= 4 is 23.2 Å². The van der Waals surface area contributed by atoms with Gasteiger partial charge < -0.3 is 10.1 Å². The van der Waals surface area contributed by atoms with Gasteiger partial charge in [0.1, 0.15) is 5.75 Å². The van der Waals surface area contributed by atoms with E-state index in [1.54, 1.807) is 17.1 Å². The van der Waals surface area contributed by atoms with Crippen LogP contribution in [0.4, 0.5) is 11.4 Å². The first-order chi connectivity index (χ1) is 12.1. The molecule has 2 amide bonds. The summed E-state index contributed by atoms with van der Waals surface area (Å²) in [7, 11) is 0. The monoisotopic (exact) mass is 339 g/mol. The SMILES string of the molecule is CCN(NC(=O)C[C@@H]1Oc2ccccc2NC1=O)c1ccc(C)cc1. The molecule has 6 heteroatoms. The number of para-hydroxylation sites is 2. The zero-order valence-corrected chi connectivity index (χ0v) is 14.3. The number of hydrazine groups is 1. The summed E-state index contributed by atoms with van der Waals surface area (Å²) in [5.41, 5.74) is 5.49. The van der Waals surface area contributed by atoms with Crippen LogP contribution in [-0.2, 0) is 9.59 Å². The van der Waals surface area contributed by atoms with E-state index in [0.717, 1.165) is 11.3 Å². The maximum absolute atomic E-state index is 12.4. The van der Waals surface area contributed by atoms with E-state index in [2.05, 4.69) is 10.7 Å². The van der Waals surface area contributed by atoms with Crippen molar-refractivity contribution in [1.29, 1.82) is 0 Å². The molecule has 130 valence electrons. The van der Waals surface area contributed by atoms with Crippen LogP contribution < -0.4 is 20.5 Å². The van der Waals surface area contributed by atoms with Gasteiger partial charge in [0, 0.05) is 6.54 Å². The van der Waals surface area contributed by atoms with E-state index in [0.29, 0.717) is 18.0 Å². The molecule has 0 saturated heterocycles. The lowest BCUT2D eigenvalue weighted by molar-refractivity contribution is -0.130. The number of rotatable bonds is 5. The smallest absolute Gasteiger partial charge is 0.266 e. The van der Waals surface area contributed by atoms with E-state index in [1.165, 1.54) is 0 Å². The molecule has 0 aliphatic carbocycles. The van der Waals surface area contributed by atoms with Crippen LogP contribution in [0.5, 0.6) is 5.75 Å². The van der Waals surface area contributed by atoms with Gasteiger partial charge >= 0.3 is 0 Å². The van der Waals surface area contributed by atoms with Crippen LogP contribution in [0.2, 0.25) is 0 Å². The Morgan fingerprint density at radius 2 is 1.92 bits per heavy atom. The molecule has 0 fully saturated rings. The Hall–Kier alpha value is -3.02. The highest BCUT2D eigenvalue weighted by Crippen LogP contribution is 2.29. The Balaban J connectivity index is 1.64. The molecule has 0 saturated carbocycles. The van der Waals surface area contributed by atoms with Crippen LogP contribution in [0.25, 0.3) is 0 Å². The molecule has 1 atom stereocenters. The summed E-state index contributed by atoms with van der Waals surface area (Å²) < 4.78 is 5.66. The summed E-state index contributed by atoms with van der Waals surface area (Å²) >= 11 is 0. The molecule has 25 heavy (non-hydrogen) atoms. The normalized spacial score (nSPS) is 15.6. The highest BCUT2D eigenvalue weighted by molar-refractivity contribution is 6.00. The molecule has 0 bridgehead atoms. The number of fused-ring (bicyclic) bond motifs is 1. The Bertz CT molecular complexity index is 774. The van der Waals surface area contributed by atoms with Crippen molar-refractivity contribution in [2.24, 2.45) is 0 Å². The minimum atomic E-state index is -0.841. The predicted octanol–water partition coefficient (Wildman–Crippen LogP) is 2.64. The standard InChI is InChI=1S/C19H21N3O3/c1-3-22(14-10-8-13(2)9-11-14)21-18(23)12-17-19(24)20-15-6-4-5-7-16(15)25-17/h4-11,17H,3,12H2,1-2H3,(H,20,24)(H,21,23)/t17-/m0/s1. The van der Waals surface area contributed by atoms with Crippen molar-refractivity contribution in [2.75, 3.05) is 16.9 Å². The molecule has 0 spiro atoms. The maximum Gasteiger partial charge on any atom is 0.266 e. The van der Waals surface area contributed by atoms with E-state index in [4.69, 9.17) is 4.74 Å². The lowest BCUT2D eigenvalue weighted by Crippen LogP contribution is -2.46. The van der Waals surface area contributed by atoms with Crippen LogP contribution in [-0.4, -0.2) is 24.5 Å². The second-order valence-electron chi connectivity index (χ2n) is 5.91. The highest BCUT2D eigenvalue weighted by atomic mass is 16.5. The molecule has 3 rings (SSSR count). The quantitative estimate of drug-likeness (QED) is 0.822. The minimum absolute atomic E-state index is 0.0530. The zero-order chi connectivity index (χ0) is 17.8. The number of aryl methyl sites for hydroxylation is 1. The molecular formula is C19H21N3O3. The summed E-state index contributed by atoms with van der Waals surface area (Å²) in [5.74, 6) is -0.0139. The number of carbonyl (C=O) groups is 2. The molecule has 2 N–H and O–H groups in total. The highest BCUT2D eigenvalue weighted by Gasteiger charge is 2.29. The number of carbonyl (C=O) groups excluding carboxylic acids is 2. The summed E-state index contributed by atoms with van der Waals surface area (Å²) in [5, 5.41) is 4.51. The van der Waals surface area contributed by atoms with Crippen molar-refractivity contribution in [3.05, 3.63) is 54.1 Å². The molecule has 1 heterocycles. The second kappa shape index (κ2) is 7.25. The van der Waals surface area contributed by atoms with Crippen molar-refractivity contribution < 1.29 is 14.3 Å². The molecule has 0 radical (unpaired) electrons. The largest absolute Gasteiger partial charge is 0.478 e. The lowest BCUT2D eigenvalue weighted by atomic mass is 10.1. The number of amides is 2. The van der Waals surface area contributed by atoms with Crippen molar-refractivity contribution in [3.8, 4) is 5.75 Å². The molecule has 6 nitrogen and oxygen atoms in total. The fourth-order valence-electron chi connectivity index (χ4n) is 2.64. The van der Waals surface area contributed by atoms with Crippen LogP contribution >= 0.6 is 0 Å². The number of anilines is 2. The van der Waals surface area contributed by atoms with Crippen LogP contribution in [0, 0.1) is 6.92 Å². The topological polar surface area (TPSA) is 70.7 Å². The van der Waals surface area contributed by atoms with Crippen molar-refractivity contribution in [2.45, 2.75) is 26.4 Å². The molecule has 0 unspecified atom stereocenters. The van der Waals surface area contributed by atoms with E-state index >= 15 is 0 Å². The third-order valence-electron chi connectivity index (χ3n) is 4.00. The number of ether oxygens (including phenoxy) is 1. The third-order valence-corrected chi connectivity index (χ3v) is 4.00. The molecule has 0 aromatic heterocycles. The number of nitrogens with zero attached hydrogens (tertiary/aromatic N) is 1. The summed E-state index contributed by atoms with van der Waals surface area (Å²) in [4.78, 5) is 24.5. The van der Waals surface area contributed by atoms with Gasteiger partial charge in [0.2, 0.25) is 5.91 Å². The van der Waals surface area contributed by atoms with Gasteiger partial charge in [0.15, 0.2) is 6.10 Å². The predicted molar refractivity (Wildman–Crippen MR) is 96.4 cm³/mol. The number of hydrogen-bond acceptors (Lipinski definition) is 4. The van der Waals surface area contributed by atoms with Gasteiger partial charge in [0.05, 0.1) is 17.8 Å². The second-order valence-corrected chi connectivity index (χ2v) is 5.91. The fraction of sp³-hybridized carbons (Fsp3) is 0.263. The lowest BCUT2D eigenvalue weighted by Gasteiger charge is -2.27. The Labute approximate surface area is 146 Å². The molecular weight excluding hydrogens is 318 g/mol. The number of benzene rings is 2. The Morgan fingerprint density at radius 1 is 1.20 bits per heavy atom. The van der Waals surface area contributed by atoms with Crippen LogP contribution in [0.15, 0.2) is 48.5 Å². The first-order valence-corrected chi connectivity index (χ1v) is 8.27. The van der Waals surface area contributed by atoms with Gasteiger partial charge in [-0.15, -0.1) is 0 Å². The van der Waals surface area contributed by atoms with Gasteiger partial charge in [-0.05, 0) is 38.1 Å². The number of hydrogen-bond donors (Lipinski definition) is 2. The van der Waals surface area contributed by atoms with Crippen molar-refractivity contribution in [1.82, 2.24) is 5.43 Å². The van der Waals surface area contributed by atoms with Crippen LogP contribution in [0.1, 0.15) is 18.9 Å². The average molecular weight is 339 g/mol. The van der Waals surface area contributed by atoms with E-state index in [-0.39, 0.29) is 18.2 Å².